The zero-order valence-electron chi connectivity index (χ0n) is 21.3. The average molecular weight is 583 g/mol. The molecule has 206 valence electrons. The van der Waals surface area contributed by atoms with Gasteiger partial charge in [-0.15, -0.1) is 0 Å². The van der Waals surface area contributed by atoms with Gasteiger partial charge in [-0.05, 0) is 79.8 Å². The molecule has 1 saturated carbocycles. The molecule has 9 nitrogen and oxygen atoms in total. The van der Waals surface area contributed by atoms with Crippen LogP contribution in [0.1, 0.15) is 57.5 Å². The van der Waals surface area contributed by atoms with Crippen LogP contribution in [0.3, 0.4) is 0 Å². The summed E-state index contributed by atoms with van der Waals surface area (Å²) >= 11 is 12.3. The third kappa shape index (κ3) is 5.39. The third-order valence-electron chi connectivity index (χ3n) is 7.20. The molecule has 2 heterocycles. The summed E-state index contributed by atoms with van der Waals surface area (Å²) in [6.07, 6.45) is 3.19. The quantitative estimate of drug-likeness (QED) is 0.157. The molecule has 1 aromatic heterocycles. The van der Waals surface area contributed by atoms with Crippen molar-refractivity contribution in [2.75, 3.05) is 6.54 Å². The molecule has 11 heteroatoms. The molecular formula is C29H24Cl2N2O7. The first-order valence-corrected chi connectivity index (χ1v) is 13.4. The van der Waals surface area contributed by atoms with E-state index in [1.165, 1.54) is 54.8 Å². The number of hydrazine groups is 1. The second kappa shape index (κ2) is 11.3. The lowest BCUT2D eigenvalue weighted by molar-refractivity contribution is -0.154. The Bertz CT molecular complexity index is 1490. The molecule has 0 unspecified atom stereocenters. The van der Waals surface area contributed by atoms with E-state index < -0.39 is 47.9 Å². The Morgan fingerprint density at radius 1 is 1.00 bits per heavy atom. The van der Waals surface area contributed by atoms with Crippen molar-refractivity contribution < 1.29 is 33.1 Å². The summed E-state index contributed by atoms with van der Waals surface area (Å²) in [5, 5.41) is 2.00. The van der Waals surface area contributed by atoms with Crippen molar-refractivity contribution in [1.82, 2.24) is 10.0 Å². The Labute approximate surface area is 239 Å². The summed E-state index contributed by atoms with van der Waals surface area (Å²) in [5.41, 5.74) is 0.158. The van der Waals surface area contributed by atoms with Crippen molar-refractivity contribution in [2.45, 2.75) is 26.2 Å². The van der Waals surface area contributed by atoms with Gasteiger partial charge >= 0.3 is 5.97 Å². The van der Waals surface area contributed by atoms with E-state index >= 15 is 0 Å². The Morgan fingerprint density at radius 3 is 2.40 bits per heavy atom. The minimum atomic E-state index is -0.785. The molecule has 3 amide bonds. The number of hydrogen-bond donors (Lipinski definition) is 0. The van der Waals surface area contributed by atoms with Crippen molar-refractivity contribution in [2.24, 2.45) is 17.8 Å². The van der Waals surface area contributed by atoms with Gasteiger partial charge in [-0.25, -0.2) is 9.80 Å². The molecule has 3 aromatic rings. The molecule has 2 aliphatic rings. The Hall–Kier alpha value is -3.95. The van der Waals surface area contributed by atoms with Gasteiger partial charge in [-0.1, -0.05) is 30.1 Å². The summed E-state index contributed by atoms with van der Waals surface area (Å²) < 4.78 is 10.2. The molecule has 2 fully saturated rings. The van der Waals surface area contributed by atoms with Gasteiger partial charge in [-0.3, -0.25) is 19.2 Å². The highest BCUT2D eigenvalue weighted by atomic mass is 35.5. The van der Waals surface area contributed by atoms with E-state index in [0.717, 1.165) is 16.4 Å². The average Bonchev–Trinajstić information content (AvgIpc) is 3.55. The van der Waals surface area contributed by atoms with Gasteiger partial charge in [-0.2, -0.15) is 5.01 Å². The van der Waals surface area contributed by atoms with E-state index in [4.69, 9.17) is 32.4 Å². The fourth-order valence-corrected chi connectivity index (χ4v) is 5.62. The molecule has 40 heavy (non-hydrogen) atoms. The number of ether oxygens (including phenoxy) is 1. The number of benzene rings is 2. The molecule has 3 atom stereocenters. The number of halogens is 2. The van der Waals surface area contributed by atoms with Gasteiger partial charge in [0.1, 0.15) is 12.3 Å². The highest BCUT2D eigenvalue weighted by molar-refractivity contribution is 6.36. The number of nitrogens with zero attached hydrogens (tertiary/aromatic N) is 2. The Balaban J connectivity index is 1.41. The number of Topliss-reactive ketones (excluding diaryl/α,β-unsaturated/α-hetero) is 1. The first-order valence-electron chi connectivity index (χ1n) is 12.7. The molecule has 0 bridgehead atoms. The van der Waals surface area contributed by atoms with Crippen LogP contribution >= 0.6 is 23.2 Å². The summed E-state index contributed by atoms with van der Waals surface area (Å²) in [5.74, 6) is -3.70. The second-order valence-electron chi connectivity index (χ2n) is 9.92. The highest BCUT2D eigenvalue weighted by Gasteiger charge is 2.53. The molecule has 2 aromatic carbocycles. The van der Waals surface area contributed by atoms with Crippen molar-refractivity contribution >= 4 is 52.7 Å². The van der Waals surface area contributed by atoms with E-state index in [1.807, 2.05) is 6.92 Å². The zero-order valence-corrected chi connectivity index (χ0v) is 22.9. The summed E-state index contributed by atoms with van der Waals surface area (Å²) in [6, 6.07) is 12.9. The summed E-state index contributed by atoms with van der Waals surface area (Å²) in [7, 11) is 0. The van der Waals surface area contributed by atoms with Gasteiger partial charge in [0.05, 0.1) is 28.7 Å². The van der Waals surface area contributed by atoms with E-state index in [2.05, 4.69) is 0 Å². The van der Waals surface area contributed by atoms with Crippen LogP contribution in [0.5, 0.6) is 5.75 Å². The maximum Gasteiger partial charge on any atom is 0.379 e. The lowest BCUT2D eigenvalue weighted by Crippen LogP contribution is -2.52. The Kier molecular flexibility index (Phi) is 7.78. The monoisotopic (exact) mass is 582 g/mol. The standard InChI is InChI=1S/C29H24Cl2N2O7/c1-16-4-10-20-22(13-16)28(37)33(27(20)36)32(26(35)21-11-7-18(30)14-23(21)31)15-24(34)17-5-8-19(9-6-17)40-29(38)25-3-2-12-39-25/h2-3,5-9,11-12,14,16,20,22H,4,10,13,15H2,1H3/t16-,20-,22+/m1/s1. The van der Waals surface area contributed by atoms with E-state index in [-0.39, 0.29) is 33.6 Å². The van der Waals surface area contributed by atoms with Gasteiger partial charge in [0.2, 0.25) is 5.76 Å². The first-order chi connectivity index (χ1) is 19.1. The van der Waals surface area contributed by atoms with Crippen molar-refractivity contribution in [1.29, 1.82) is 0 Å². The molecule has 1 saturated heterocycles. The number of amides is 3. The minimum Gasteiger partial charge on any atom is -0.457 e. The number of rotatable bonds is 7. The number of hydrogen-bond acceptors (Lipinski definition) is 7. The largest absolute Gasteiger partial charge is 0.457 e. The summed E-state index contributed by atoms with van der Waals surface area (Å²) in [6.45, 7) is 1.42. The smallest absolute Gasteiger partial charge is 0.379 e. The van der Waals surface area contributed by atoms with Gasteiger partial charge < -0.3 is 9.15 Å². The number of ketones is 1. The predicted octanol–water partition coefficient (Wildman–Crippen LogP) is 5.47. The molecular weight excluding hydrogens is 559 g/mol. The van der Waals surface area contributed by atoms with Crippen molar-refractivity contribution in [3.8, 4) is 5.75 Å². The number of fused-ring (bicyclic) bond motifs is 1. The van der Waals surface area contributed by atoms with Gasteiger partial charge in [0, 0.05) is 10.6 Å². The number of imide groups is 1. The Morgan fingerprint density at radius 2 is 1.73 bits per heavy atom. The van der Waals surface area contributed by atoms with Crippen LogP contribution < -0.4 is 4.74 Å². The van der Waals surface area contributed by atoms with Crippen molar-refractivity contribution in [3.63, 3.8) is 0 Å². The van der Waals surface area contributed by atoms with Crippen LogP contribution in [0.2, 0.25) is 10.0 Å². The van der Waals surface area contributed by atoms with E-state index in [0.29, 0.717) is 17.9 Å². The van der Waals surface area contributed by atoms with Crippen LogP contribution in [-0.4, -0.2) is 46.0 Å². The first kappa shape index (κ1) is 27.6. The molecule has 0 radical (unpaired) electrons. The van der Waals surface area contributed by atoms with Crippen LogP contribution in [0.15, 0.2) is 65.3 Å². The maximum atomic E-state index is 13.7. The number of carbonyl (C=O) groups is 5. The number of carbonyl (C=O) groups excluding carboxylic acids is 5. The van der Waals surface area contributed by atoms with Gasteiger partial charge in [0.25, 0.3) is 17.7 Å². The lowest BCUT2D eigenvalue weighted by Gasteiger charge is -2.30. The molecule has 5 rings (SSSR count). The normalized spacial score (nSPS) is 20.3. The van der Waals surface area contributed by atoms with Crippen LogP contribution in [-0.2, 0) is 9.59 Å². The van der Waals surface area contributed by atoms with Crippen LogP contribution in [0.25, 0.3) is 0 Å². The van der Waals surface area contributed by atoms with E-state index in [9.17, 15) is 24.0 Å². The van der Waals surface area contributed by atoms with Crippen molar-refractivity contribution in [3.05, 3.63) is 87.8 Å². The fraction of sp³-hybridized carbons (Fsp3) is 0.276. The highest BCUT2D eigenvalue weighted by Crippen LogP contribution is 2.41. The lowest BCUT2D eigenvalue weighted by atomic mass is 9.76. The molecule has 1 aliphatic heterocycles. The third-order valence-corrected chi connectivity index (χ3v) is 7.75. The van der Waals surface area contributed by atoms with E-state index in [1.54, 1.807) is 6.07 Å². The number of esters is 1. The van der Waals surface area contributed by atoms with Crippen LogP contribution in [0, 0.1) is 17.8 Å². The SMILES string of the molecule is C[C@@H]1CC[C@H]2C(=O)N(N(CC(=O)c3ccc(OC(=O)c4ccco4)cc3)C(=O)c3ccc(Cl)cc3Cl)C(=O)[C@H]2C1. The predicted molar refractivity (Wildman–Crippen MR) is 144 cm³/mol. The zero-order chi connectivity index (χ0) is 28.6. The van der Waals surface area contributed by atoms with Gasteiger partial charge in [0.15, 0.2) is 5.78 Å². The molecule has 0 N–H and O–H groups in total. The maximum absolute atomic E-state index is 13.7. The topological polar surface area (TPSA) is 114 Å². The number of furan rings is 1. The molecule has 1 aliphatic carbocycles. The van der Waals surface area contributed by atoms with Crippen LogP contribution in [0.4, 0.5) is 0 Å². The minimum absolute atomic E-state index is 0.0112. The second-order valence-corrected chi connectivity index (χ2v) is 10.8. The molecule has 0 spiro atoms. The summed E-state index contributed by atoms with van der Waals surface area (Å²) in [4.78, 5) is 66.1. The fourth-order valence-electron chi connectivity index (χ4n) is 5.13.